The fourth-order valence-corrected chi connectivity index (χ4v) is 4.26. The monoisotopic (exact) mass is 394 g/mol. The lowest BCUT2D eigenvalue weighted by Gasteiger charge is -2.23. The highest BCUT2D eigenvalue weighted by atomic mass is 16.5. The third-order valence-electron chi connectivity index (χ3n) is 6.04. The molecule has 0 radical (unpaired) electrons. The number of carbonyl (C=O) groups excluding carboxylic acids is 1. The fraction of sp³-hybridized carbons (Fsp3) is 0.458. The van der Waals surface area contributed by atoms with Crippen molar-refractivity contribution >= 4 is 5.91 Å². The van der Waals surface area contributed by atoms with Gasteiger partial charge in [-0.15, -0.1) is 0 Å². The summed E-state index contributed by atoms with van der Waals surface area (Å²) in [6.45, 7) is 3.31. The van der Waals surface area contributed by atoms with Crippen molar-refractivity contribution in [1.29, 1.82) is 0 Å². The maximum absolute atomic E-state index is 13.0. The van der Waals surface area contributed by atoms with Crippen LogP contribution in [0.5, 0.6) is 5.75 Å². The molecule has 1 saturated heterocycles. The van der Waals surface area contributed by atoms with Gasteiger partial charge in [-0.3, -0.25) is 4.79 Å². The van der Waals surface area contributed by atoms with Crippen LogP contribution < -0.4 is 15.4 Å². The van der Waals surface area contributed by atoms with E-state index in [9.17, 15) is 4.79 Å². The Morgan fingerprint density at radius 1 is 1.17 bits per heavy atom. The molecule has 5 heteroatoms. The third kappa shape index (κ3) is 4.80. The molecule has 2 N–H and O–H groups in total. The van der Waals surface area contributed by atoms with Crippen molar-refractivity contribution in [3.63, 3.8) is 0 Å². The smallest absolute Gasteiger partial charge is 0.251 e. The molecule has 29 heavy (non-hydrogen) atoms. The molecule has 1 spiro atoms. The number of carbonyl (C=O) groups is 1. The van der Waals surface area contributed by atoms with E-state index in [1.807, 2.05) is 36.4 Å². The Balaban J connectivity index is 1.50. The molecule has 0 bridgehead atoms. The van der Waals surface area contributed by atoms with Crippen LogP contribution in [0, 0.1) is 5.41 Å². The summed E-state index contributed by atoms with van der Waals surface area (Å²) in [5.41, 5.74) is 2.98. The number of nitrogens with one attached hydrogen (secondary N) is 2. The lowest BCUT2D eigenvalue weighted by molar-refractivity contribution is 0.0942. The summed E-state index contributed by atoms with van der Waals surface area (Å²) in [4.78, 5) is 13.0. The van der Waals surface area contributed by atoms with Crippen molar-refractivity contribution in [3.8, 4) is 16.9 Å². The highest BCUT2D eigenvalue weighted by Gasteiger charge is 2.54. The van der Waals surface area contributed by atoms with Gasteiger partial charge >= 0.3 is 0 Å². The Morgan fingerprint density at radius 2 is 2.03 bits per heavy atom. The predicted octanol–water partition coefficient (Wildman–Crippen LogP) is 3.64. The number of amides is 1. The van der Waals surface area contributed by atoms with Crippen LogP contribution in [0.25, 0.3) is 11.1 Å². The molecule has 1 aliphatic heterocycles. The number of benzene rings is 2. The Hall–Kier alpha value is -2.37. The van der Waals surface area contributed by atoms with E-state index in [-0.39, 0.29) is 17.4 Å². The normalized spacial score (nSPS) is 23.0. The molecule has 5 nitrogen and oxygen atoms in total. The molecule has 1 aliphatic carbocycles. The van der Waals surface area contributed by atoms with E-state index in [2.05, 4.69) is 22.8 Å². The zero-order valence-electron chi connectivity index (χ0n) is 17.1. The van der Waals surface area contributed by atoms with Gasteiger partial charge in [-0.05, 0) is 55.1 Å². The third-order valence-corrected chi connectivity index (χ3v) is 6.04. The molecule has 1 unspecified atom stereocenters. The molecular weight excluding hydrogens is 364 g/mol. The second-order valence-electron chi connectivity index (χ2n) is 8.18. The minimum Gasteiger partial charge on any atom is -0.493 e. The van der Waals surface area contributed by atoms with Crippen LogP contribution in [0.15, 0.2) is 48.5 Å². The van der Waals surface area contributed by atoms with Crippen LogP contribution in [0.3, 0.4) is 0 Å². The summed E-state index contributed by atoms with van der Waals surface area (Å²) >= 11 is 0. The lowest BCUT2D eigenvalue weighted by atomic mass is 9.95. The minimum absolute atomic E-state index is 0.0167. The second-order valence-corrected chi connectivity index (χ2v) is 8.18. The van der Waals surface area contributed by atoms with Crippen molar-refractivity contribution in [2.45, 2.75) is 31.7 Å². The highest BCUT2D eigenvalue weighted by molar-refractivity contribution is 5.96. The zero-order valence-corrected chi connectivity index (χ0v) is 17.1. The molecule has 1 amide bonds. The predicted molar refractivity (Wildman–Crippen MR) is 114 cm³/mol. The Morgan fingerprint density at radius 3 is 2.79 bits per heavy atom. The van der Waals surface area contributed by atoms with Crippen LogP contribution >= 0.6 is 0 Å². The van der Waals surface area contributed by atoms with Crippen LogP contribution in [0.2, 0.25) is 0 Å². The number of rotatable bonds is 8. The van der Waals surface area contributed by atoms with Crippen LogP contribution in [0.1, 0.15) is 36.0 Å². The molecule has 2 atom stereocenters. The topological polar surface area (TPSA) is 59.6 Å². The Labute approximate surface area is 172 Å². The average Bonchev–Trinajstić information content (AvgIpc) is 3.42. The number of hydrogen-bond acceptors (Lipinski definition) is 4. The van der Waals surface area contributed by atoms with Gasteiger partial charge in [0, 0.05) is 43.7 Å². The first-order chi connectivity index (χ1) is 14.2. The Kier molecular flexibility index (Phi) is 6.16. The molecule has 0 aromatic heterocycles. The zero-order chi connectivity index (χ0) is 20.1. The maximum atomic E-state index is 13.0. The largest absolute Gasteiger partial charge is 0.493 e. The van der Waals surface area contributed by atoms with Gasteiger partial charge in [-0.2, -0.15) is 0 Å². The van der Waals surface area contributed by atoms with Crippen LogP contribution in [-0.4, -0.2) is 45.4 Å². The molecular formula is C24H30N2O3. The van der Waals surface area contributed by atoms with E-state index >= 15 is 0 Å². The first-order valence-corrected chi connectivity index (χ1v) is 10.5. The summed E-state index contributed by atoms with van der Waals surface area (Å²) in [5.74, 6) is 0.703. The van der Waals surface area contributed by atoms with Crippen LogP contribution in [0.4, 0.5) is 0 Å². The number of methoxy groups -OCH3 is 1. The van der Waals surface area contributed by atoms with E-state index < -0.39 is 0 Å². The maximum Gasteiger partial charge on any atom is 0.251 e. The van der Waals surface area contributed by atoms with Gasteiger partial charge in [0.05, 0.1) is 6.61 Å². The highest BCUT2D eigenvalue weighted by Crippen LogP contribution is 2.50. The van der Waals surface area contributed by atoms with Gasteiger partial charge in [0.25, 0.3) is 5.91 Å². The molecule has 1 heterocycles. The quantitative estimate of drug-likeness (QED) is 0.671. The molecule has 2 fully saturated rings. The summed E-state index contributed by atoms with van der Waals surface area (Å²) in [6.07, 6.45) is 4.27. The van der Waals surface area contributed by atoms with Gasteiger partial charge in [0.1, 0.15) is 5.75 Å². The van der Waals surface area contributed by atoms with Gasteiger partial charge in [-0.25, -0.2) is 0 Å². The van der Waals surface area contributed by atoms with E-state index in [1.54, 1.807) is 7.11 Å². The molecule has 1 saturated carbocycles. The van der Waals surface area contributed by atoms with Gasteiger partial charge < -0.3 is 20.1 Å². The van der Waals surface area contributed by atoms with Crippen molar-refractivity contribution < 1.29 is 14.3 Å². The van der Waals surface area contributed by atoms with Crippen molar-refractivity contribution in [2.75, 3.05) is 33.4 Å². The number of hydrogen-bond donors (Lipinski definition) is 2. The van der Waals surface area contributed by atoms with Crippen LogP contribution in [-0.2, 0) is 4.74 Å². The first kappa shape index (κ1) is 19.9. The molecule has 154 valence electrons. The van der Waals surface area contributed by atoms with Gasteiger partial charge in [0.15, 0.2) is 0 Å². The first-order valence-electron chi connectivity index (χ1n) is 10.5. The summed E-state index contributed by atoms with van der Waals surface area (Å²) in [5, 5.41) is 6.73. The van der Waals surface area contributed by atoms with Crippen molar-refractivity contribution in [2.24, 2.45) is 5.41 Å². The lowest BCUT2D eigenvalue weighted by Crippen LogP contribution is -2.38. The molecule has 2 aliphatic rings. The van der Waals surface area contributed by atoms with Gasteiger partial charge in [-0.1, -0.05) is 30.3 Å². The molecule has 4 rings (SSSR count). The summed E-state index contributed by atoms with van der Waals surface area (Å²) in [6, 6.07) is 16.2. The number of ether oxygens (including phenoxy) is 2. The molecule has 2 aromatic carbocycles. The standard InChI is InChI=1S/C24H30N2O3/c1-28-11-6-12-29-21-14-19(18-7-3-2-4-8-18)13-20(15-21)23(27)26-22-16-24(22)9-5-10-25-17-24/h2-4,7-8,13-15,22,25H,5-6,9-12,16-17H2,1H3,(H,26,27)/t22?,24-/m0/s1. The van der Waals surface area contributed by atoms with Gasteiger partial charge in [0.2, 0.25) is 0 Å². The summed E-state index contributed by atoms with van der Waals surface area (Å²) in [7, 11) is 1.69. The Bertz CT molecular complexity index is 831. The molecule has 2 aromatic rings. The van der Waals surface area contributed by atoms with Crippen molar-refractivity contribution in [3.05, 3.63) is 54.1 Å². The van der Waals surface area contributed by atoms with E-state index in [0.717, 1.165) is 42.8 Å². The van der Waals surface area contributed by atoms with E-state index in [0.29, 0.717) is 18.8 Å². The van der Waals surface area contributed by atoms with E-state index in [4.69, 9.17) is 9.47 Å². The second kappa shape index (κ2) is 8.97. The minimum atomic E-state index is -0.0167. The number of piperidine rings is 1. The van der Waals surface area contributed by atoms with Crippen molar-refractivity contribution in [1.82, 2.24) is 10.6 Å². The SMILES string of the molecule is COCCCOc1cc(C(=O)NC2C[C@]23CCCNC3)cc(-c2ccccc2)c1. The van der Waals surface area contributed by atoms with E-state index in [1.165, 1.54) is 12.8 Å². The fourth-order valence-electron chi connectivity index (χ4n) is 4.26. The summed E-state index contributed by atoms with van der Waals surface area (Å²) < 4.78 is 11.0. The average molecular weight is 395 g/mol.